The van der Waals surface area contributed by atoms with Gasteiger partial charge in [-0.15, -0.1) is 0 Å². The standard InChI is InChI=1S/C14H24N2O/c1-9-5-11-12(9)14(2,3)13(17)16(11)8-10-6-15(4)7-10/h9-12H,5-8H2,1-4H3. The van der Waals surface area contributed by atoms with E-state index in [2.05, 4.69) is 37.6 Å². The molecule has 3 atom stereocenters. The zero-order valence-electron chi connectivity index (χ0n) is 11.4. The van der Waals surface area contributed by atoms with E-state index < -0.39 is 0 Å². The third-order valence-corrected chi connectivity index (χ3v) is 5.28. The van der Waals surface area contributed by atoms with Crippen LogP contribution in [0.3, 0.4) is 0 Å². The van der Waals surface area contributed by atoms with Crippen molar-refractivity contribution in [2.45, 2.75) is 33.2 Å². The molecule has 3 aliphatic rings. The van der Waals surface area contributed by atoms with E-state index in [0.717, 1.165) is 31.5 Å². The molecule has 3 rings (SSSR count). The number of nitrogens with zero attached hydrogens (tertiary/aromatic N) is 2. The summed E-state index contributed by atoms with van der Waals surface area (Å²) in [7, 11) is 2.15. The van der Waals surface area contributed by atoms with E-state index in [1.807, 2.05) is 0 Å². The number of amides is 1. The van der Waals surface area contributed by atoms with Gasteiger partial charge in [0.1, 0.15) is 0 Å². The van der Waals surface area contributed by atoms with E-state index in [9.17, 15) is 4.79 Å². The predicted molar refractivity (Wildman–Crippen MR) is 67.5 cm³/mol. The second-order valence-electron chi connectivity index (χ2n) is 7.07. The zero-order valence-corrected chi connectivity index (χ0v) is 11.4. The first kappa shape index (κ1) is 11.5. The maximum absolute atomic E-state index is 12.5. The van der Waals surface area contributed by atoms with Gasteiger partial charge in [0.25, 0.3) is 0 Å². The van der Waals surface area contributed by atoms with Crippen LogP contribution in [0.25, 0.3) is 0 Å². The lowest BCUT2D eigenvalue weighted by molar-refractivity contribution is -0.136. The molecule has 3 unspecified atom stereocenters. The number of likely N-dealkylation sites (tertiary alicyclic amines) is 2. The highest BCUT2D eigenvalue weighted by Gasteiger charge is 2.60. The van der Waals surface area contributed by atoms with E-state index in [4.69, 9.17) is 0 Å². The molecule has 3 fully saturated rings. The molecule has 0 N–H and O–H groups in total. The molecule has 17 heavy (non-hydrogen) atoms. The average molecular weight is 236 g/mol. The number of rotatable bonds is 2. The third kappa shape index (κ3) is 1.48. The first-order valence-corrected chi connectivity index (χ1v) is 6.91. The minimum atomic E-state index is -0.113. The smallest absolute Gasteiger partial charge is 0.228 e. The molecule has 1 aliphatic carbocycles. The summed E-state index contributed by atoms with van der Waals surface area (Å²) in [5, 5.41) is 0. The lowest BCUT2D eigenvalue weighted by atomic mass is 9.61. The molecule has 2 heterocycles. The van der Waals surface area contributed by atoms with Crippen LogP contribution in [0.4, 0.5) is 0 Å². The summed E-state index contributed by atoms with van der Waals surface area (Å²) in [5.41, 5.74) is -0.113. The summed E-state index contributed by atoms with van der Waals surface area (Å²) in [6.45, 7) is 9.93. The number of fused-ring (bicyclic) bond motifs is 1. The molecular formula is C14H24N2O. The fraction of sp³-hybridized carbons (Fsp3) is 0.929. The van der Waals surface area contributed by atoms with Crippen LogP contribution in [0.5, 0.6) is 0 Å². The number of carbonyl (C=O) groups excluding carboxylic acids is 1. The van der Waals surface area contributed by atoms with Crippen molar-refractivity contribution < 1.29 is 4.79 Å². The Morgan fingerprint density at radius 2 is 2.00 bits per heavy atom. The fourth-order valence-electron chi connectivity index (χ4n) is 4.47. The minimum Gasteiger partial charge on any atom is -0.339 e. The summed E-state index contributed by atoms with van der Waals surface area (Å²) in [5.74, 6) is 2.46. The summed E-state index contributed by atoms with van der Waals surface area (Å²) in [6.07, 6.45) is 1.22. The van der Waals surface area contributed by atoms with Crippen molar-refractivity contribution in [1.82, 2.24) is 9.80 Å². The number of hydrogen-bond acceptors (Lipinski definition) is 2. The summed E-state index contributed by atoms with van der Waals surface area (Å²) >= 11 is 0. The molecule has 0 aromatic heterocycles. The molecule has 0 aromatic rings. The first-order valence-electron chi connectivity index (χ1n) is 6.91. The van der Waals surface area contributed by atoms with Gasteiger partial charge in [0.05, 0.1) is 0 Å². The van der Waals surface area contributed by atoms with Crippen LogP contribution in [-0.2, 0) is 4.79 Å². The normalized spacial score (nSPS) is 41.1. The van der Waals surface area contributed by atoms with Gasteiger partial charge in [-0.25, -0.2) is 0 Å². The molecule has 2 saturated heterocycles. The predicted octanol–water partition coefficient (Wildman–Crippen LogP) is 1.44. The lowest BCUT2D eigenvalue weighted by Gasteiger charge is -2.46. The van der Waals surface area contributed by atoms with E-state index in [1.54, 1.807) is 0 Å². The maximum atomic E-state index is 12.5. The van der Waals surface area contributed by atoms with Crippen molar-refractivity contribution >= 4 is 5.91 Å². The second-order valence-corrected chi connectivity index (χ2v) is 7.07. The van der Waals surface area contributed by atoms with Gasteiger partial charge >= 0.3 is 0 Å². The molecule has 1 saturated carbocycles. The van der Waals surface area contributed by atoms with Gasteiger partial charge in [0, 0.05) is 37.0 Å². The quantitative estimate of drug-likeness (QED) is 0.724. The molecule has 3 nitrogen and oxygen atoms in total. The Morgan fingerprint density at radius 1 is 1.35 bits per heavy atom. The maximum Gasteiger partial charge on any atom is 0.228 e. The molecular weight excluding hydrogens is 212 g/mol. The highest BCUT2D eigenvalue weighted by atomic mass is 16.2. The van der Waals surface area contributed by atoms with Crippen molar-refractivity contribution in [2.75, 3.05) is 26.7 Å². The van der Waals surface area contributed by atoms with Crippen molar-refractivity contribution in [3.8, 4) is 0 Å². The highest BCUT2D eigenvalue weighted by molar-refractivity contribution is 5.86. The second kappa shape index (κ2) is 3.47. The molecule has 0 bridgehead atoms. The van der Waals surface area contributed by atoms with Crippen LogP contribution >= 0.6 is 0 Å². The Balaban J connectivity index is 1.71. The minimum absolute atomic E-state index is 0.113. The molecule has 1 amide bonds. The van der Waals surface area contributed by atoms with E-state index in [1.165, 1.54) is 6.42 Å². The fourth-order valence-corrected chi connectivity index (χ4v) is 4.47. The topological polar surface area (TPSA) is 23.6 Å². The molecule has 0 aromatic carbocycles. The van der Waals surface area contributed by atoms with Crippen LogP contribution in [0, 0.1) is 23.2 Å². The van der Waals surface area contributed by atoms with Gasteiger partial charge in [-0.3, -0.25) is 4.79 Å². The number of carbonyl (C=O) groups is 1. The van der Waals surface area contributed by atoms with Crippen LogP contribution in [-0.4, -0.2) is 48.4 Å². The van der Waals surface area contributed by atoms with Crippen molar-refractivity contribution in [3.05, 3.63) is 0 Å². The SMILES string of the molecule is CC1CC2C1C(C)(C)C(=O)N2CC1CN(C)C1. The summed E-state index contributed by atoms with van der Waals surface area (Å²) in [6, 6.07) is 0.554. The Kier molecular flexibility index (Phi) is 2.35. The molecule has 0 spiro atoms. The van der Waals surface area contributed by atoms with Gasteiger partial charge in [0.2, 0.25) is 5.91 Å². The third-order valence-electron chi connectivity index (χ3n) is 5.28. The molecule has 2 aliphatic heterocycles. The molecule has 96 valence electrons. The lowest BCUT2D eigenvalue weighted by Crippen LogP contribution is -2.53. The largest absolute Gasteiger partial charge is 0.339 e. The average Bonchev–Trinajstić information content (AvgIpc) is 2.31. The Bertz CT molecular complexity index is 346. The Morgan fingerprint density at radius 3 is 2.47 bits per heavy atom. The van der Waals surface area contributed by atoms with Crippen molar-refractivity contribution in [1.29, 1.82) is 0 Å². The van der Waals surface area contributed by atoms with Crippen LogP contribution in [0.2, 0.25) is 0 Å². The van der Waals surface area contributed by atoms with Gasteiger partial charge in [-0.1, -0.05) is 20.8 Å². The van der Waals surface area contributed by atoms with Crippen molar-refractivity contribution in [3.63, 3.8) is 0 Å². The van der Waals surface area contributed by atoms with E-state index >= 15 is 0 Å². The van der Waals surface area contributed by atoms with Crippen molar-refractivity contribution in [2.24, 2.45) is 23.2 Å². The zero-order chi connectivity index (χ0) is 12.4. The highest BCUT2D eigenvalue weighted by Crippen LogP contribution is 2.55. The summed E-state index contributed by atoms with van der Waals surface area (Å²) < 4.78 is 0. The van der Waals surface area contributed by atoms with E-state index in [-0.39, 0.29) is 5.41 Å². The van der Waals surface area contributed by atoms with Gasteiger partial charge in [-0.2, -0.15) is 0 Å². The first-order chi connectivity index (χ1) is 7.91. The summed E-state index contributed by atoms with van der Waals surface area (Å²) in [4.78, 5) is 17.0. The molecule has 0 radical (unpaired) electrons. The van der Waals surface area contributed by atoms with Gasteiger partial charge in [0.15, 0.2) is 0 Å². The van der Waals surface area contributed by atoms with Crippen LogP contribution in [0.15, 0.2) is 0 Å². The van der Waals surface area contributed by atoms with Crippen LogP contribution < -0.4 is 0 Å². The van der Waals surface area contributed by atoms with Gasteiger partial charge < -0.3 is 9.80 Å². The number of hydrogen-bond donors (Lipinski definition) is 0. The van der Waals surface area contributed by atoms with E-state index in [0.29, 0.717) is 17.9 Å². The monoisotopic (exact) mass is 236 g/mol. The Hall–Kier alpha value is -0.570. The van der Waals surface area contributed by atoms with Gasteiger partial charge in [-0.05, 0) is 25.3 Å². The molecule has 3 heteroatoms. The Labute approximate surface area is 104 Å². The van der Waals surface area contributed by atoms with Crippen LogP contribution in [0.1, 0.15) is 27.2 Å².